The van der Waals surface area contributed by atoms with Gasteiger partial charge in [0.15, 0.2) is 0 Å². The maximum absolute atomic E-state index is 3.60. The van der Waals surface area contributed by atoms with Gasteiger partial charge in [0, 0.05) is 12.0 Å². The van der Waals surface area contributed by atoms with Gasteiger partial charge >= 0.3 is 0 Å². The number of nitrogens with one attached hydrogen (secondary N) is 1. The summed E-state index contributed by atoms with van der Waals surface area (Å²) in [4.78, 5) is 0. The van der Waals surface area contributed by atoms with Gasteiger partial charge in [-0.15, -0.1) is 0 Å². The van der Waals surface area contributed by atoms with Crippen molar-refractivity contribution in [1.82, 2.24) is 5.32 Å². The fraction of sp³-hybridized carbons (Fsp3) is 0.647. The van der Waals surface area contributed by atoms with Crippen LogP contribution in [0.5, 0.6) is 0 Å². The Labute approximate surface area is 110 Å². The van der Waals surface area contributed by atoms with Crippen molar-refractivity contribution in [2.45, 2.75) is 57.4 Å². The first-order valence-electron chi connectivity index (χ1n) is 7.47. The molecule has 1 saturated carbocycles. The second-order valence-electron chi connectivity index (χ2n) is 7.21. The van der Waals surface area contributed by atoms with Crippen LogP contribution in [0.4, 0.5) is 0 Å². The summed E-state index contributed by atoms with van der Waals surface area (Å²) in [6.07, 6.45) is 5.54. The van der Waals surface area contributed by atoms with Gasteiger partial charge in [0.1, 0.15) is 0 Å². The highest BCUT2D eigenvalue weighted by Gasteiger charge is 2.59. The third-order valence-corrected chi connectivity index (χ3v) is 5.91. The Morgan fingerprint density at radius 3 is 2.83 bits per heavy atom. The Kier molecular flexibility index (Phi) is 2.08. The molecule has 4 rings (SSSR count). The van der Waals surface area contributed by atoms with Gasteiger partial charge in [-0.2, -0.15) is 0 Å². The lowest BCUT2D eigenvalue weighted by Gasteiger charge is -2.45. The van der Waals surface area contributed by atoms with E-state index in [0.29, 0.717) is 10.8 Å². The molecule has 3 aliphatic rings. The highest BCUT2D eigenvalue weighted by Crippen LogP contribution is 2.67. The first-order valence-corrected chi connectivity index (χ1v) is 7.47. The van der Waals surface area contributed by atoms with Gasteiger partial charge in [-0.3, -0.25) is 0 Å². The molecule has 1 fully saturated rings. The molecule has 96 valence electrons. The van der Waals surface area contributed by atoms with Crippen molar-refractivity contribution in [3.05, 3.63) is 34.9 Å². The van der Waals surface area contributed by atoms with Gasteiger partial charge in [-0.1, -0.05) is 32.0 Å². The van der Waals surface area contributed by atoms with Crippen molar-refractivity contribution in [2.24, 2.45) is 5.41 Å². The monoisotopic (exact) mass is 241 g/mol. The largest absolute Gasteiger partial charge is 0.313 e. The molecule has 0 aromatic heterocycles. The third kappa shape index (κ3) is 1.26. The Morgan fingerprint density at radius 1 is 1.22 bits per heavy atom. The number of fused-ring (bicyclic) bond motifs is 1. The van der Waals surface area contributed by atoms with Crippen LogP contribution in [0.1, 0.15) is 62.1 Å². The standard InChI is InChI=1S/C17H23N/c1-16(2)10-12-6-9-18-11-13-4-3-5-14(15(12)13)17(16)7-8-17/h3-5,12,18H,6-11H2,1-2H3/t12-/m0/s1. The van der Waals surface area contributed by atoms with Crippen molar-refractivity contribution in [3.8, 4) is 0 Å². The number of rotatable bonds is 0. The molecule has 1 heterocycles. The first-order chi connectivity index (χ1) is 8.64. The molecule has 2 aliphatic carbocycles. The van der Waals surface area contributed by atoms with E-state index in [9.17, 15) is 0 Å². The zero-order valence-electron chi connectivity index (χ0n) is 11.6. The van der Waals surface area contributed by atoms with Crippen molar-refractivity contribution >= 4 is 0 Å². The number of benzene rings is 1. The van der Waals surface area contributed by atoms with E-state index in [2.05, 4.69) is 37.4 Å². The second kappa shape index (κ2) is 3.39. The number of hydrogen-bond donors (Lipinski definition) is 1. The van der Waals surface area contributed by atoms with E-state index in [1.807, 2.05) is 0 Å². The molecular formula is C17H23N. The molecule has 1 atom stereocenters. The Hall–Kier alpha value is -0.820. The molecule has 0 amide bonds. The van der Waals surface area contributed by atoms with Crippen LogP contribution in [0.25, 0.3) is 0 Å². The molecule has 0 bridgehead atoms. The SMILES string of the molecule is CC1(C)C[C@@H]2CCNCc3cccc(c32)C12CC2. The minimum Gasteiger partial charge on any atom is -0.313 e. The van der Waals surface area contributed by atoms with Gasteiger partial charge in [0.2, 0.25) is 0 Å². The third-order valence-electron chi connectivity index (χ3n) is 5.91. The van der Waals surface area contributed by atoms with Crippen LogP contribution in [0, 0.1) is 5.41 Å². The van der Waals surface area contributed by atoms with E-state index in [-0.39, 0.29) is 0 Å². The van der Waals surface area contributed by atoms with E-state index in [1.165, 1.54) is 32.2 Å². The molecule has 0 saturated heterocycles. The molecule has 1 nitrogen and oxygen atoms in total. The molecule has 1 spiro atoms. The normalized spacial score (nSPS) is 30.7. The van der Waals surface area contributed by atoms with Crippen LogP contribution in [-0.4, -0.2) is 6.54 Å². The predicted octanol–water partition coefficient (Wildman–Crippen LogP) is 3.73. The minimum atomic E-state index is 0.494. The first kappa shape index (κ1) is 11.0. The average Bonchev–Trinajstić information content (AvgIpc) is 3.12. The predicted molar refractivity (Wildman–Crippen MR) is 74.8 cm³/mol. The molecule has 18 heavy (non-hydrogen) atoms. The van der Waals surface area contributed by atoms with E-state index in [0.717, 1.165) is 12.5 Å². The summed E-state index contributed by atoms with van der Waals surface area (Å²) in [5.41, 5.74) is 6.05. The Morgan fingerprint density at radius 2 is 2.06 bits per heavy atom. The molecule has 1 aromatic rings. The maximum Gasteiger partial charge on any atom is 0.0208 e. The summed E-state index contributed by atoms with van der Waals surface area (Å²) in [5.74, 6) is 0.799. The van der Waals surface area contributed by atoms with Crippen LogP contribution in [0.3, 0.4) is 0 Å². The topological polar surface area (TPSA) is 12.0 Å². The summed E-state index contributed by atoms with van der Waals surface area (Å²) < 4.78 is 0. The smallest absolute Gasteiger partial charge is 0.0208 e. The van der Waals surface area contributed by atoms with E-state index < -0.39 is 0 Å². The lowest BCUT2D eigenvalue weighted by atomic mass is 9.59. The van der Waals surface area contributed by atoms with Crippen LogP contribution in [-0.2, 0) is 12.0 Å². The van der Waals surface area contributed by atoms with E-state index in [1.54, 1.807) is 16.7 Å². The lowest BCUT2D eigenvalue weighted by molar-refractivity contribution is 0.197. The van der Waals surface area contributed by atoms with Crippen LogP contribution < -0.4 is 5.32 Å². The minimum absolute atomic E-state index is 0.494. The fourth-order valence-electron chi connectivity index (χ4n) is 4.76. The molecule has 1 aromatic carbocycles. The van der Waals surface area contributed by atoms with Gasteiger partial charge in [0.25, 0.3) is 0 Å². The molecular weight excluding hydrogens is 218 g/mol. The van der Waals surface area contributed by atoms with E-state index >= 15 is 0 Å². The zero-order chi connectivity index (χ0) is 12.4. The molecule has 0 radical (unpaired) electrons. The quantitative estimate of drug-likeness (QED) is 0.730. The summed E-state index contributed by atoms with van der Waals surface area (Å²) in [7, 11) is 0. The molecule has 1 heteroatoms. The van der Waals surface area contributed by atoms with Crippen molar-refractivity contribution in [1.29, 1.82) is 0 Å². The van der Waals surface area contributed by atoms with Gasteiger partial charge in [-0.25, -0.2) is 0 Å². The molecule has 0 unspecified atom stereocenters. The zero-order valence-corrected chi connectivity index (χ0v) is 11.6. The molecule has 1 N–H and O–H groups in total. The van der Waals surface area contributed by atoms with Gasteiger partial charge in [-0.05, 0) is 60.3 Å². The fourth-order valence-corrected chi connectivity index (χ4v) is 4.76. The molecule has 1 aliphatic heterocycles. The average molecular weight is 241 g/mol. The van der Waals surface area contributed by atoms with Crippen LogP contribution in [0.2, 0.25) is 0 Å². The lowest BCUT2D eigenvalue weighted by Crippen LogP contribution is -2.37. The van der Waals surface area contributed by atoms with Crippen molar-refractivity contribution in [3.63, 3.8) is 0 Å². The van der Waals surface area contributed by atoms with Gasteiger partial charge in [0.05, 0.1) is 0 Å². The highest BCUT2D eigenvalue weighted by atomic mass is 14.9. The van der Waals surface area contributed by atoms with Gasteiger partial charge < -0.3 is 5.32 Å². The summed E-state index contributed by atoms with van der Waals surface area (Å²) >= 11 is 0. The maximum atomic E-state index is 3.60. The second-order valence-corrected chi connectivity index (χ2v) is 7.21. The van der Waals surface area contributed by atoms with Crippen molar-refractivity contribution in [2.75, 3.05) is 6.54 Å². The number of hydrogen-bond acceptors (Lipinski definition) is 1. The Bertz CT molecular complexity index is 496. The van der Waals surface area contributed by atoms with Crippen LogP contribution >= 0.6 is 0 Å². The summed E-state index contributed by atoms with van der Waals surface area (Å²) in [5, 5.41) is 3.60. The van der Waals surface area contributed by atoms with Crippen LogP contribution in [0.15, 0.2) is 18.2 Å². The summed E-state index contributed by atoms with van der Waals surface area (Å²) in [6, 6.07) is 7.07. The summed E-state index contributed by atoms with van der Waals surface area (Å²) in [6.45, 7) is 7.28. The highest BCUT2D eigenvalue weighted by molar-refractivity contribution is 5.50. The van der Waals surface area contributed by atoms with Crippen molar-refractivity contribution < 1.29 is 0 Å². The Balaban J connectivity index is 1.96. The van der Waals surface area contributed by atoms with E-state index in [4.69, 9.17) is 0 Å².